The molecule has 3 rings (SSSR count). The van der Waals surface area contributed by atoms with Crippen LogP contribution in [0.15, 0.2) is 19.0 Å². The molecule has 2 aliphatic rings. The molecule has 0 aromatic carbocycles. The molecule has 2 atom stereocenters. The lowest BCUT2D eigenvalue weighted by molar-refractivity contribution is -0.0458. The van der Waals surface area contributed by atoms with Crippen LogP contribution in [0.3, 0.4) is 0 Å². The SMILES string of the molecule is C=CCn1cnn(CN2CCN(S(=O)(=O)N3CC(C)OC(C)C3)CC2)c1=S. The molecule has 9 nitrogen and oxygen atoms in total. The molecule has 2 aliphatic heterocycles. The van der Waals surface area contributed by atoms with Crippen molar-refractivity contribution in [2.24, 2.45) is 0 Å². The van der Waals surface area contributed by atoms with Gasteiger partial charge in [0.25, 0.3) is 10.2 Å². The molecule has 0 spiro atoms. The number of rotatable bonds is 6. The van der Waals surface area contributed by atoms with E-state index in [9.17, 15) is 8.42 Å². The normalized spacial score (nSPS) is 26.3. The number of hydrogen-bond acceptors (Lipinski definition) is 6. The van der Waals surface area contributed by atoms with Crippen LogP contribution in [0.25, 0.3) is 0 Å². The van der Waals surface area contributed by atoms with Gasteiger partial charge in [0.1, 0.15) is 6.33 Å². The minimum atomic E-state index is -3.46. The molecule has 0 amide bonds. The average Bonchev–Trinajstić information content (AvgIpc) is 2.95. The van der Waals surface area contributed by atoms with Crippen LogP contribution in [0.1, 0.15) is 13.8 Å². The second-order valence-corrected chi connectivity index (χ2v) is 9.39. The predicted octanol–water partition coefficient (Wildman–Crippen LogP) is 0.529. The van der Waals surface area contributed by atoms with E-state index < -0.39 is 10.2 Å². The number of aromatic nitrogens is 3. The highest BCUT2D eigenvalue weighted by Crippen LogP contribution is 2.19. The van der Waals surface area contributed by atoms with E-state index in [1.54, 1.807) is 25.7 Å². The minimum absolute atomic E-state index is 0.0858. The minimum Gasteiger partial charge on any atom is -0.373 e. The number of allylic oxidation sites excluding steroid dienone is 1. The van der Waals surface area contributed by atoms with E-state index in [0.29, 0.717) is 57.3 Å². The maximum atomic E-state index is 13.0. The van der Waals surface area contributed by atoms with Crippen molar-refractivity contribution < 1.29 is 13.2 Å². The smallest absolute Gasteiger partial charge is 0.282 e. The largest absolute Gasteiger partial charge is 0.373 e. The van der Waals surface area contributed by atoms with Gasteiger partial charge in [-0.1, -0.05) is 6.08 Å². The molecule has 2 fully saturated rings. The molecule has 3 heterocycles. The Morgan fingerprint density at radius 3 is 2.44 bits per heavy atom. The Kier molecular flexibility index (Phi) is 6.49. The zero-order valence-corrected chi connectivity index (χ0v) is 17.5. The van der Waals surface area contributed by atoms with Crippen LogP contribution in [0.5, 0.6) is 0 Å². The highest BCUT2D eigenvalue weighted by molar-refractivity contribution is 7.86. The lowest BCUT2D eigenvalue weighted by Crippen LogP contribution is -2.57. The first kappa shape index (κ1) is 20.6. The highest BCUT2D eigenvalue weighted by Gasteiger charge is 2.36. The van der Waals surface area contributed by atoms with E-state index in [-0.39, 0.29) is 12.2 Å². The van der Waals surface area contributed by atoms with Crippen molar-refractivity contribution in [1.82, 2.24) is 27.9 Å². The van der Waals surface area contributed by atoms with Gasteiger partial charge in [-0.15, -0.1) is 6.58 Å². The molecule has 11 heteroatoms. The van der Waals surface area contributed by atoms with Gasteiger partial charge in [-0.05, 0) is 26.1 Å². The summed E-state index contributed by atoms with van der Waals surface area (Å²) in [6.45, 7) is 11.7. The summed E-state index contributed by atoms with van der Waals surface area (Å²) in [6.07, 6.45) is 3.30. The first-order valence-corrected chi connectivity index (χ1v) is 11.0. The molecule has 27 heavy (non-hydrogen) atoms. The van der Waals surface area contributed by atoms with Gasteiger partial charge in [0, 0.05) is 45.8 Å². The number of hydrogen-bond donors (Lipinski definition) is 0. The quantitative estimate of drug-likeness (QED) is 0.497. The number of piperazine rings is 1. The Hall–Kier alpha value is -1.11. The van der Waals surface area contributed by atoms with E-state index in [4.69, 9.17) is 17.0 Å². The molecular weight excluding hydrogens is 388 g/mol. The molecular formula is C16H28N6O3S2. The summed E-state index contributed by atoms with van der Waals surface area (Å²) in [6, 6.07) is 0. The topological polar surface area (TPSA) is 75.8 Å². The van der Waals surface area contributed by atoms with Crippen LogP contribution in [-0.4, -0.2) is 87.8 Å². The van der Waals surface area contributed by atoms with Gasteiger partial charge in [0.15, 0.2) is 4.77 Å². The fraction of sp³-hybridized carbons (Fsp3) is 0.750. The summed E-state index contributed by atoms with van der Waals surface area (Å²) in [5.41, 5.74) is 0. The third-order valence-electron chi connectivity index (χ3n) is 4.83. The molecule has 1 aromatic rings. The highest BCUT2D eigenvalue weighted by atomic mass is 32.2. The molecule has 152 valence electrons. The maximum absolute atomic E-state index is 13.0. The van der Waals surface area contributed by atoms with Crippen molar-refractivity contribution in [3.8, 4) is 0 Å². The van der Waals surface area contributed by atoms with Gasteiger partial charge < -0.3 is 9.30 Å². The van der Waals surface area contributed by atoms with Crippen molar-refractivity contribution >= 4 is 22.4 Å². The maximum Gasteiger partial charge on any atom is 0.282 e. The molecule has 0 aliphatic carbocycles. The Balaban J connectivity index is 1.58. The average molecular weight is 417 g/mol. The van der Waals surface area contributed by atoms with Crippen LogP contribution in [-0.2, 0) is 28.2 Å². The van der Waals surface area contributed by atoms with E-state index >= 15 is 0 Å². The number of nitrogens with zero attached hydrogens (tertiary/aromatic N) is 6. The summed E-state index contributed by atoms with van der Waals surface area (Å²) < 4.78 is 38.9. The molecule has 1 aromatic heterocycles. The van der Waals surface area contributed by atoms with Gasteiger partial charge in [-0.2, -0.15) is 22.1 Å². The summed E-state index contributed by atoms with van der Waals surface area (Å²) in [5.74, 6) is 0. The van der Waals surface area contributed by atoms with Gasteiger partial charge in [-0.25, -0.2) is 4.68 Å². The van der Waals surface area contributed by atoms with Crippen molar-refractivity contribution in [1.29, 1.82) is 0 Å². The third-order valence-corrected chi connectivity index (χ3v) is 7.24. The van der Waals surface area contributed by atoms with E-state index in [2.05, 4.69) is 16.6 Å². The van der Waals surface area contributed by atoms with E-state index in [1.807, 2.05) is 18.4 Å². The molecule has 2 unspecified atom stereocenters. The molecule has 0 saturated carbocycles. The Morgan fingerprint density at radius 1 is 1.22 bits per heavy atom. The first-order chi connectivity index (χ1) is 12.8. The first-order valence-electron chi connectivity index (χ1n) is 9.17. The number of morpholine rings is 1. The van der Waals surface area contributed by atoms with Crippen LogP contribution in [0, 0.1) is 4.77 Å². The lowest BCUT2D eigenvalue weighted by atomic mass is 10.3. The van der Waals surface area contributed by atoms with Gasteiger partial charge in [-0.3, -0.25) is 4.90 Å². The second kappa shape index (κ2) is 8.50. The second-order valence-electron chi connectivity index (χ2n) is 7.09. The molecule has 0 radical (unpaired) electrons. The summed E-state index contributed by atoms with van der Waals surface area (Å²) in [5, 5.41) is 4.32. The van der Waals surface area contributed by atoms with Crippen LogP contribution < -0.4 is 0 Å². The summed E-state index contributed by atoms with van der Waals surface area (Å²) in [7, 11) is -3.46. The number of ether oxygens (including phenoxy) is 1. The van der Waals surface area contributed by atoms with Gasteiger partial charge in [0.05, 0.1) is 18.9 Å². The van der Waals surface area contributed by atoms with Crippen molar-refractivity contribution in [3.05, 3.63) is 23.8 Å². The van der Waals surface area contributed by atoms with Crippen molar-refractivity contribution in [2.75, 3.05) is 39.3 Å². The summed E-state index contributed by atoms with van der Waals surface area (Å²) in [4.78, 5) is 2.16. The fourth-order valence-corrected chi connectivity index (χ4v) is 5.48. The van der Waals surface area contributed by atoms with Gasteiger partial charge >= 0.3 is 0 Å². The standard InChI is InChI=1S/C16H28N6O3S2/c1-4-5-19-12-17-22(16(19)26)13-18-6-8-20(9-7-18)27(23,24)21-10-14(2)25-15(3)11-21/h4,12,14-15H,1,5-11,13H2,2-3H3. The van der Waals surface area contributed by atoms with E-state index in [0.717, 1.165) is 0 Å². The van der Waals surface area contributed by atoms with Crippen molar-refractivity contribution in [2.45, 2.75) is 39.3 Å². The van der Waals surface area contributed by atoms with Crippen LogP contribution in [0.2, 0.25) is 0 Å². The molecule has 0 bridgehead atoms. The zero-order valence-electron chi connectivity index (χ0n) is 15.9. The van der Waals surface area contributed by atoms with E-state index in [1.165, 1.54) is 0 Å². The summed E-state index contributed by atoms with van der Waals surface area (Å²) >= 11 is 5.41. The fourth-order valence-electron chi connectivity index (χ4n) is 3.51. The Morgan fingerprint density at radius 2 is 1.85 bits per heavy atom. The lowest BCUT2D eigenvalue weighted by Gasteiger charge is -2.40. The van der Waals surface area contributed by atoms with Crippen molar-refractivity contribution in [3.63, 3.8) is 0 Å². The molecule has 2 saturated heterocycles. The van der Waals surface area contributed by atoms with Crippen LogP contribution >= 0.6 is 12.2 Å². The predicted molar refractivity (Wildman–Crippen MR) is 105 cm³/mol. The third kappa shape index (κ3) is 4.66. The zero-order chi connectivity index (χ0) is 19.6. The van der Waals surface area contributed by atoms with Gasteiger partial charge in [0.2, 0.25) is 0 Å². The molecule has 0 N–H and O–H groups in total. The monoisotopic (exact) mass is 416 g/mol. The Labute approximate surface area is 166 Å². The van der Waals surface area contributed by atoms with Crippen LogP contribution in [0.4, 0.5) is 0 Å². The Bertz CT molecular complexity index is 802.